The first kappa shape index (κ1) is 43.9. The molecule has 0 bridgehead atoms. The highest BCUT2D eigenvalue weighted by atomic mass is 16.7. The van der Waals surface area contributed by atoms with Gasteiger partial charge in [0, 0.05) is 20.0 Å². The third-order valence-electron chi connectivity index (χ3n) is 8.75. The zero-order chi connectivity index (χ0) is 32.9. The molecule has 0 aliphatic carbocycles. The average molecular weight is 641 g/mol. The molecule has 6 heteroatoms. The molecule has 0 unspecified atom stereocenters. The number of unbranched alkanes of at least 4 members (excludes halogenated alkanes) is 26. The van der Waals surface area contributed by atoms with E-state index in [0.717, 1.165) is 25.7 Å². The Bertz CT molecular complexity index is 562. The predicted octanol–water partition coefficient (Wildman–Crippen LogP) is 11.8. The number of ether oxygens (including phenoxy) is 4. The zero-order valence-corrected chi connectivity index (χ0v) is 30.4. The van der Waals surface area contributed by atoms with Crippen LogP contribution in [-0.2, 0) is 28.5 Å². The molecule has 0 fully saturated rings. The van der Waals surface area contributed by atoms with E-state index in [0.29, 0.717) is 12.8 Å². The lowest BCUT2D eigenvalue weighted by Crippen LogP contribution is -2.29. The molecule has 0 aliphatic rings. The van der Waals surface area contributed by atoms with Crippen molar-refractivity contribution in [1.82, 2.24) is 0 Å². The minimum absolute atomic E-state index is 0.0671. The summed E-state index contributed by atoms with van der Waals surface area (Å²) < 4.78 is 21.4. The molecule has 268 valence electrons. The monoisotopic (exact) mass is 641 g/mol. The van der Waals surface area contributed by atoms with Gasteiger partial charge in [-0.05, 0) is 12.8 Å². The summed E-state index contributed by atoms with van der Waals surface area (Å²) in [6, 6.07) is 0. The molecule has 0 aromatic carbocycles. The van der Waals surface area contributed by atoms with Crippen LogP contribution in [0.15, 0.2) is 0 Å². The van der Waals surface area contributed by atoms with E-state index >= 15 is 0 Å². The SMILES string of the molecule is CCCCCCCCCCCCCCCCC(=O)OCC(COC(=O)CCCCCCCCCCCCCCCC)OCOC. The van der Waals surface area contributed by atoms with E-state index in [1.54, 1.807) is 7.11 Å². The molecule has 0 aromatic heterocycles. The number of methoxy groups -OCH3 is 1. The lowest BCUT2D eigenvalue weighted by Gasteiger charge is -2.17. The molecule has 0 rings (SSSR count). The van der Waals surface area contributed by atoms with Gasteiger partial charge in [0.2, 0.25) is 0 Å². The zero-order valence-electron chi connectivity index (χ0n) is 30.4. The summed E-state index contributed by atoms with van der Waals surface area (Å²) in [5.41, 5.74) is 0. The Balaban J connectivity index is 3.69. The van der Waals surface area contributed by atoms with Crippen LogP contribution in [-0.4, -0.2) is 45.2 Å². The van der Waals surface area contributed by atoms with E-state index in [-0.39, 0.29) is 31.9 Å². The third kappa shape index (κ3) is 35.6. The maximum atomic E-state index is 12.2. The van der Waals surface area contributed by atoms with Crippen molar-refractivity contribution in [3.63, 3.8) is 0 Å². The number of esters is 2. The second-order valence-corrected chi connectivity index (χ2v) is 13.3. The summed E-state index contributed by atoms with van der Waals surface area (Å²) in [6.07, 6.45) is 36.4. The van der Waals surface area contributed by atoms with Crippen molar-refractivity contribution in [2.24, 2.45) is 0 Å². The first-order valence-corrected chi connectivity index (χ1v) is 19.6. The first-order valence-electron chi connectivity index (χ1n) is 19.6. The van der Waals surface area contributed by atoms with Gasteiger partial charge in [0.05, 0.1) is 0 Å². The molecule has 6 nitrogen and oxygen atoms in total. The maximum Gasteiger partial charge on any atom is 0.305 e. The van der Waals surface area contributed by atoms with Gasteiger partial charge in [-0.25, -0.2) is 0 Å². The second-order valence-electron chi connectivity index (χ2n) is 13.3. The summed E-state index contributed by atoms with van der Waals surface area (Å²) in [6.45, 7) is 4.76. The quantitative estimate of drug-likeness (QED) is 0.0382. The van der Waals surface area contributed by atoms with Gasteiger partial charge in [-0.15, -0.1) is 0 Å². The van der Waals surface area contributed by atoms with Crippen LogP contribution in [0.25, 0.3) is 0 Å². The highest BCUT2D eigenvalue weighted by molar-refractivity contribution is 5.69. The highest BCUT2D eigenvalue weighted by Gasteiger charge is 2.16. The largest absolute Gasteiger partial charge is 0.463 e. The molecular weight excluding hydrogens is 564 g/mol. The van der Waals surface area contributed by atoms with Crippen molar-refractivity contribution >= 4 is 11.9 Å². The van der Waals surface area contributed by atoms with E-state index in [4.69, 9.17) is 18.9 Å². The summed E-state index contributed by atoms with van der Waals surface area (Å²) in [4.78, 5) is 24.4. The molecule has 0 atom stereocenters. The minimum atomic E-state index is -0.509. The fourth-order valence-corrected chi connectivity index (χ4v) is 5.75. The molecule has 0 spiro atoms. The topological polar surface area (TPSA) is 71.1 Å². The Morgan fingerprint density at radius 1 is 0.422 bits per heavy atom. The lowest BCUT2D eigenvalue weighted by molar-refractivity contribution is -0.162. The van der Waals surface area contributed by atoms with Gasteiger partial charge in [0.15, 0.2) is 0 Å². The molecule has 45 heavy (non-hydrogen) atoms. The van der Waals surface area contributed by atoms with Crippen LogP contribution >= 0.6 is 0 Å². The number of carbonyl (C=O) groups is 2. The van der Waals surface area contributed by atoms with Gasteiger partial charge in [0.25, 0.3) is 0 Å². The fourth-order valence-electron chi connectivity index (χ4n) is 5.75. The van der Waals surface area contributed by atoms with Gasteiger partial charge >= 0.3 is 11.9 Å². The molecule has 0 amide bonds. The molecule has 0 N–H and O–H groups in total. The summed E-state index contributed by atoms with van der Waals surface area (Å²) in [5.74, 6) is -0.428. The molecule has 0 aromatic rings. The fraction of sp³-hybridized carbons (Fsp3) is 0.949. The van der Waals surface area contributed by atoms with E-state index in [2.05, 4.69) is 13.8 Å². The first-order chi connectivity index (χ1) is 22.1. The van der Waals surface area contributed by atoms with Crippen LogP contribution in [0, 0.1) is 0 Å². The molecule has 0 saturated carbocycles. The molecule has 0 saturated heterocycles. The van der Waals surface area contributed by atoms with Crippen LogP contribution in [0.3, 0.4) is 0 Å². The average Bonchev–Trinajstić information content (AvgIpc) is 3.04. The summed E-state index contributed by atoms with van der Waals surface area (Å²) in [5, 5.41) is 0. The van der Waals surface area contributed by atoms with Crippen molar-refractivity contribution in [3.05, 3.63) is 0 Å². The lowest BCUT2D eigenvalue weighted by atomic mass is 10.0. The third-order valence-corrected chi connectivity index (χ3v) is 8.75. The molecule has 0 heterocycles. The summed E-state index contributed by atoms with van der Waals surface area (Å²) >= 11 is 0. The Kier molecular flexibility index (Phi) is 36.4. The van der Waals surface area contributed by atoms with Crippen LogP contribution in [0.2, 0.25) is 0 Å². The van der Waals surface area contributed by atoms with Crippen molar-refractivity contribution < 1.29 is 28.5 Å². The van der Waals surface area contributed by atoms with Crippen molar-refractivity contribution in [3.8, 4) is 0 Å². The van der Waals surface area contributed by atoms with Crippen molar-refractivity contribution in [1.29, 1.82) is 0 Å². The number of hydrogen-bond acceptors (Lipinski definition) is 6. The van der Waals surface area contributed by atoms with Gasteiger partial charge in [-0.3, -0.25) is 9.59 Å². The standard InChI is InChI=1S/C39H76O6/c1-4-6-8-10-12-14-16-18-20-22-24-26-28-30-32-38(40)43-34-37(45-36-42-3)35-44-39(41)33-31-29-27-25-23-21-19-17-15-13-11-9-7-5-2/h37H,4-36H2,1-3H3. The normalized spacial score (nSPS) is 11.4. The Morgan fingerprint density at radius 3 is 0.956 bits per heavy atom. The van der Waals surface area contributed by atoms with Crippen molar-refractivity contribution in [2.45, 2.75) is 213 Å². The van der Waals surface area contributed by atoms with Gasteiger partial charge in [-0.1, -0.05) is 181 Å². The molecule has 0 radical (unpaired) electrons. The van der Waals surface area contributed by atoms with Crippen LogP contribution in [0.4, 0.5) is 0 Å². The van der Waals surface area contributed by atoms with Crippen LogP contribution in [0.5, 0.6) is 0 Å². The molecular formula is C39H76O6. The minimum Gasteiger partial charge on any atom is -0.463 e. The summed E-state index contributed by atoms with van der Waals surface area (Å²) in [7, 11) is 1.54. The van der Waals surface area contributed by atoms with Crippen LogP contribution < -0.4 is 0 Å². The number of hydrogen-bond donors (Lipinski definition) is 0. The Labute approximate surface area is 279 Å². The van der Waals surface area contributed by atoms with E-state index in [1.807, 2.05) is 0 Å². The van der Waals surface area contributed by atoms with Crippen molar-refractivity contribution in [2.75, 3.05) is 27.1 Å². The predicted molar refractivity (Wildman–Crippen MR) is 189 cm³/mol. The molecule has 0 aliphatic heterocycles. The Morgan fingerprint density at radius 2 is 0.689 bits per heavy atom. The second kappa shape index (κ2) is 37.3. The van der Waals surface area contributed by atoms with E-state index in [9.17, 15) is 9.59 Å². The number of carbonyl (C=O) groups excluding carboxylic acids is 2. The van der Waals surface area contributed by atoms with Gasteiger partial charge < -0.3 is 18.9 Å². The van der Waals surface area contributed by atoms with Crippen LogP contribution in [0.1, 0.15) is 206 Å². The van der Waals surface area contributed by atoms with Gasteiger partial charge in [0.1, 0.15) is 26.1 Å². The van der Waals surface area contributed by atoms with Gasteiger partial charge in [-0.2, -0.15) is 0 Å². The van der Waals surface area contributed by atoms with E-state index in [1.165, 1.54) is 154 Å². The smallest absolute Gasteiger partial charge is 0.305 e. The highest BCUT2D eigenvalue weighted by Crippen LogP contribution is 2.15. The van der Waals surface area contributed by atoms with E-state index < -0.39 is 6.10 Å². The maximum absolute atomic E-state index is 12.2. The number of rotatable bonds is 37. The Hall–Kier alpha value is -1.14.